The van der Waals surface area contributed by atoms with Gasteiger partial charge in [-0.05, 0) is 44.7 Å². The average molecular weight is 441 g/mol. The topological polar surface area (TPSA) is 74.6 Å². The third-order valence-corrected chi connectivity index (χ3v) is 5.15. The predicted molar refractivity (Wildman–Crippen MR) is 137 cm³/mol. The summed E-state index contributed by atoms with van der Waals surface area (Å²) >= 11 is 0. The number of benzene rings is 2. The van der Waals surface area contributed by atoms with E-state index in [-0.39, 0.29) is 5.54 Å². The van der Waals surface area contributed by atoms with Gasteiger partial charge in [0.25, 0.3) is 0 Å². The standard InChI is InChI=1S/C27H32N6/c1-5-15-30-25(28-4)23-11-9-22(10-12-23)19-33-27(2,3)20-29-18-21-7-13-24(14-8-21)26-31-16-6-17-32-26/h5-17,29,33H,4,18-20H2,1-3H3/b15-5-,30-25?. The van der Waals surface area contributed by atoms with E-state index in [2.05, 4.69) is 87.5 Å². The van der Waals surface area contributed by atoms with Crippen LogP contribution in [-0.2, 0) is 13.1 Å². The lowest BCUT2D eigenvalue weighted by atomic mass is 10.0. The predicted octanol–water partition coefficient (Wildman–Crippen LogP) is 4.78. The first kappa shape index (κ1) is 24.2. The molecule has 2 aromatic carbocycles. The van der Waals surface area contributed by atoms with Crippen molar-refractivity contribution in [1.29, 1.82) is 0 Å². The minimum absolute atomic E-state index is 0.0578. The average Bonchev–Trinajstić information content (AvgIpc) is 2.85. The molecule has 33 heavy (non-hydrogen) atoms. The first-order chi connectivity index (χ1) is 16.0. The van der Waals surface area contributed by atoms with Gasteiger partial charge in [0.15, 0.2) is 11.7 Å². The minimum Gasteiger partial charge on any atom is -0.311 e. The Morgan fingerprint density at radius 2 is 1.61 bits per heavy atom. The molecule has 6 heteroatoms. The van der Waals surface area contributed by atoms with E-state index in [0.717, 1.165) is 36.6 Å². The number of aromatic nitrogens is 2. The Balaban J connectivity index is 1.47. The Morgan fingerprint density at radius 1 is 0.970 bits per heavy atom. The maximum absolute atomic E-state index is 4.30. The molecule has 3 aromatic rings. The van der Waals surface area contributed by atoms with Crippen LogP contribution in [0.3, 0.4) is 0 Å². The molecule has 0 aliphatic rings. The van der Waals surface area contributed by atoms with Crippen molar-refractivity contribution in [2.24, 2.45) is 9.98 Å². The van der Waals surface area contributed by atoms with Crippen molar-refractivity contribution >= 4 is 12.6 Å². The van der Waals surface area contributed by atoms with Gasteiger partial charge in [0.1, 0.15) is 0 Å². The van der Waals surface area contributed by atoms with Gasteiger partial charge in [-0.1, -0.05) is 54.6 Å². The summed E-state index contributed by atoms with van der Waals surface area (Å²) in [5, 5.41) is 7.19. The van der Waals surface area contributed by atoms with E-state index in [9.17, 15) is 0 Å². The fourth-order valence-corrected chi connectivity index (χ4v) is 3.27. The van der Waals surface area contributed by atoms with Crippen LogP contribution in [0, 0.1) is 0 Å². The molecule has 0 radical (unpaired) electrons. The largest absolute Gasteiger partial charge is 0.311 e. The zero-order valence-electron chi connectivity index (χ0n) is 19.6. The normalized spacial score (nSPS) is 12.3. The summed E-state index contributed by atoms with van der Waals surface area (Å²) < 4.78 is 0. The summed E-state index contributed by atoms with van der Waals surface area (Å²) in [6, 6.07) is 18.4. The van der Waals surface area contributed by atoms with Crippen molar-refractivity contribution in [3.05, 3.63) is 96.0 Å². The van der Waals surface area contributed by atoms with E-state index >= 15 is 0 Å². The monoisotopic (exact) mass is 440 g/mol. The third-order valence-electron chi connectivity index (χ3n) is 5.15. The van der Waals surface area contributed by atoms with Gasteiger partial charge in [0.2, 0.25) is 0 Å². The maximum Gasteiger partial charge on any atom is 0.159 e. The number of nitrogens with zero attached hydrogens (tertiary/aromatic N) is 4. The molecule has 0 saturated heterocycles. The lowest BCUT2D eigenvalue weighted by Gasteiger charge is -2.27. The molecule has 0 spiro atoms. The zero-order valence-corrected chi connectivity index (χ0v) is 19.6. The number of hydrogen-bond acceptors (Lipinski definition) is 5. The van der Waals surface area contributed by atoms with Gasteiger partial charge in [-0.15, -0.1) is 0 Å². The van der Waals surface area contributed by atoms with Crippen LogP contribution in [0.1, 0.15) is 37.5 Å². The molecule has 2 N–H and O–H groups in total. The van der Waals surface area contributed by atoms with Crippen molar-refractivity contribution in [2.45, 2.75) is 39.4 Å². The molecule has 0 fully saturated rings. The maximum atomic E-state index is 4.30. The van der Waals surface area contributed by atoms with Crippen LogP contribution >= 0.6 is 0 Å². The van der Waals surface area contributed by atoms with Gasteiger partial charge in [-0.2, -0.15) is 0 Å². The molecule has 0 atom stereocenters. The molecular weight excluding hydrogens is 408 g/mol. The van der Waals surface area contributed by atoms with E-state index in [1.165, 1.54) is 11.1 Å². The second-order valence-corrected chi connectivity index (χ2v) is 8.40. The summed E-state index contributed by atoms with van der Waals surface area (Å²) in [4.78, 5) is 16.9. The Kier molecular flexibility index (Phi) is 8.75. The Bertz CT molecular complexity index is 1070. The van der Waals surface area contributed by atoms with E-state index in [0.29, 0.717) is 5.84 Å². The molecule has 0 bridgehead atoms. The Morgan fingerprint density at radius 3 is 2.24 bits per heavy atom. The van der Waals surface area contributed by atoms with Crippen molar-refractivity contribution in [2.75, 3.05) is 6.54 Å². The van der Waals surface area contributed by atoms with Crippen molar-refractivity contribution in [3.63, 3.8) is 0 Å². The molecule has 0 saturated carbocycles. The summed E-state index contributed by atoms with van der Waals surface area (Å²) in [6.45, 7) is 12.4. The van der Waals surface area contributed by atoms with Gasteiger partial charge < -0.3 is 10.6 Å². The smallest absolute Gasteiger partial charge is 0.159 e. The summed E-state index contributed by atoms with van der Waals surface area (Å²) in [5.74, 6) is 1.37. The first-order valence-corrected chi connectivity index (χ1v) is 11.1. The minimum atomic E-state index is -0.0578. The number of hydrogen-bond donors (Lipinski definition) is 2. The molecule has 3 rings (SSSR count). The number of aliphatic imine (C=N–C) groups is 2. The molecule has 1 heterocycles. The fourth-order valence-electron chi connectivity index (χ4n) is 3.27. The lowest BCUT2D eigenvalue weighted by molar-refractivity contribution is 0.362. The quantitative estimate of drug-likeness (QED) is 0.351. The number of nitrogens with one attached hydrogen (secondary N) is 2. The highest BCUT2D eigenvalue weighted by Gasteiger charge is 2.16. The highest BCUT2D eigenvalue weighted by Crippen LogP contribution is 2.15. The van der Waals surface area contributed by atoms with E-state index in [4.69, 9.17) is 0 Å². The summed E-state index contributed by atoms with van der Waals surface area (Å²) in [5.41, 5.74) is 4.36. The van der Waals surface area contributed by atoms with Crippen LogP contribution in [-0.4, -0.2) is 34.6 Å². The Hall–Kier alpha value is -3.48. The SMILES string of the molecule is C=NC(=N/C=C\C)c1ccc(CNC(C)(C)CNCc2ccc(-c3ncccn3)cc2)cc1. The van der Waals surface area contributed by atoms with E-state index in [1.807, 2.05) is 31.2 Å². The third kappa shape index (κ3) is 7.56. The molecular formula is C27H32N6. The molecule has 170 valence electrons. The molecule has 0 aliphatic heterocycles. The van der Waals surface area contributed by atoms with Crippen LogP contribution in [0.2, 0.25) is 0 Å². The highest BCUT2D eigenvalue weighted by molar-refractivity contribution is 6.01. The van der Waals surface area contributed by atoms with Crippen LogP contribution in [0.5, 0.6) is 0 Å². The summed E-state index contributed by atoms with van der Waals surface area (Å²) in [7, 11) is 0. The number of rotatable bonds is 10. The zero-order chi connectivity index (χ0) is 23.5. The van der Waals surface area contributed by atoms with Gasteiger partial charge >= 0.3 is 0 Å². The van der Waals surface area contributed by atoms with Gasteiger partial charge in [-0.25, -0.2) is 20.0 Å². The van der Waals surface area contributed by atoms with Crippen LogP contribution in [0.25, 0.3) is 11.4 Å². The number of amidine groups is 1. The second kappa shape index (κ2) is 11.9. The molecule has 0 aliphatic carbocycles. The second-order valence-electron chi connectivity index (χ2n) is 8.40. The van der Waals surface area contributed by atoms with E-state index < -0.39 is 0 Å². The van der Waals surface area contributed by atoms with Crippen LogP contribution < -0.4 is 10.6 Å². The molecule has 0 unspecified atom stereocenters. The van der Waals surface area contributed by atoms with Crippen molar-refractivity contribution in [3.8, 4) is 11.4 Å². The molecule has 6 nitrogen and oxygen atoms in total. The summed E-state index contributed by atoms with van der Waals surface area (Å²) in [6.07, 6.45) is 7.11. The van der Waals surface area contributed by atoms with Crippen LogP contribution in [0.15, 0.2) is 89.3 Å². The Labute approximate surface area is 196 Å². The molecule has 0 amide bonds. The highest BCUT2D eigenvalue weighted by atomic mass is 15.0. The van der Waals surface area contributed by atoms with Crippen molar-refractivity contribution < 1.29 is 0 Å². The number of allylic oxidation sites excluding steroid dienone is 1. The lowest BCUT2D eigenvalue weighted by Crippen LogP contribution is -2.47. The van der Waals surface area contributed by atoms with E-state index in [1.54, 1.807) is 18.6 Å². The molecule has 1 aromatic heterocycles. The van der Waals surface area contributed by atoms with Crippen molar-refractivity contribution in [1.82, 2.24) is 20.6 Å². The van der Waals surface area contributed by atoms with Gasteiger partial charge in [0.05, 0.1) is 0 Å². The fraction of sp³-hybridized carbons (Fsp3) is 0.259. The first-order valence-electron chi connectivity index (χ1n) is 11.1. The van der Waals surface area contributed by atoms with Gasteiger partial charge in [-0.3, -0.25) is 0 Å². The van der Waals surface area contributed by atoms with Gasteiger partial charge in [0, 0.05) is 54.9 Å². The van der Waals surface area contributed by atoms with Crippen LogP contribution in [0.4, 0.5) is 0 Å².